The number of benzene rings is 1. The molecule has 1 fully saturated rings. The van der Waals surface area contributed by atoms with Gasteiger partial charge in [0.05, 0.1) is 5.60 Å². The third-order valence-corrected chi connectivity index (χ3v) is 4.30. The normalized spacial score (nSPS) is 18.3. The van der Waals surface area contributed by atoms with Gasteiger partial charge in [0.25, 0.3) is 0 Å². The maximum Gasteiger partial charge on any atom is 0.218 e. The van der Waals surface area contributed by atoms with Gasteiger partial charge >= 0.3 is 0 Å². The summed E-state index contributed by atoms with van der Waals surface area (Å²) in [5.41, 5.74) is -0.301. The van der Waals surface area contributed by atoms with E-state index >= 15 is 0 Å². The molecule has 0 aliphatic carbocycles. The van der Waals surface area contributed by atoms with Crippen molar-refractivity contribution >= 4 is 0 Å². The molecule has 1 aromatic carbocycles. The van der Waals surface area contributed by atoms with E-state index in [1.807, 2.05) is 6.07 Å². The van der Waals surface area contributed by atoms with Gasteiger partial charge < -0.3 is 5.11 Å². The van der Waals surface area contributed by atoms with Crippen LogP contribution in [-0.4, -0.2) is 28.1 Å². The fourth-order valence-electron chi connectivity index (χ4n) is 2.95. The second-order valence-corrected chi connectivity index (χ2v) is 5.74. The molecule has 0 radical (unpaired) electrons. The summed E-state index contributed by atoms with van der Waals surface area (Å²) < 4.78 is 27.5. The van der Waals surface area contributed by atoms with E-state index in [1.54, 1.807) is 24.3 Å². The Kier molecular flexibility index (Phi) is 4.18. The predicted molar refractivity (Wildman–Crippen MR) is 79.0 cm³/mol. The van der Waals surface area contributed by atoms with Crippen molar-refractivity contribution in [2.24, 2.45) is 0 Å². The van der Waals surface area contributed by atoms with Crippen LogP contribution < -0.4 is 0 Å². The minimum Gasteiger partial charge on any atom is -0.385 e. The van der Waals surface area contributed by atoms with Gasteiger partial charge in [0.2, 0.25) is 5.95 Å². The van der Waals surface area contributed by atoms with Crippen LogP contribution >= 0.6 is 0 Å². The maximum atomic E-state index is 13.8. The highest BCUT2D eigenvalue weighted by Gasteiger charge is 2.36. The van der Waals surface area contributed by atoms with E-state index in [0.29, 0.717) is 38.0 Å². The van der Waals surface area contributed by atoms with Crippen molar-refractivity contribution in [2.75, 3.05) is 13.1 Å². The molecule has 1 aromatic heterocycles. The van der Waals surface area contributed by atoms with Crippen LogP contribution in [0.3, 0.4) is 0 Å². The van der Waals surface area contributed by atoms with E-state index in [2.05, 4.69) is 9.88 Å². The number of pyridine rings is 1. The lowest BCUT2D eigenvalue weighted by Gasteiger charge is -2.38. The lowest BCUT2D eigenvalue weighted by Crippen LogP contribution is -2.42. The Bertz CT molecular complexity index is 655. The Balaban J connectivity index is 1.68. The molecule has 0 amide bonds. The highest BCUT2D eigenvalue weighted by molar-refractivity contribution is 5.21. The molecule has 22 heavy (non-hydrogen) atoms. The van der Waals surface area contributed by atoms with E-state index in [4.69, 9.17) is 0 Å². The fourth-order valence-corrected chi connectivity index (χ4v) is 2.95. The summed E-state index contributed by atoms with van der Waals surface area (Å²) in [6, 6.07) is 9.89. The van der Waals surface area contributed by atoms with E-state index in [0.717, 1.165) is 0 Å². The molecule has 1 saturated heterocycles. The van der Waals surface area contributed by atoms with Crippen LogP contribution in [0.5, 0.6) is 0 Å². The molecule has 2 aromatic rings. The van der Waals surface area contributed by atoms with Gasteiger partial charge in [0.1, 0.15) is 5.82 Å². The van der Waals surface area contributed by atoms with E-state index < -0.39 is 11.5 Å². The second-order valence-electron chi connectivity index (χ2n) is 5.74. The minimum absolute atomic E-state index is 0.221. The Morgan fingerprint density at radius 1 is 1.09 bits per heavy atom. The highest BCUT2D eigenvalue weighted by atomic mass is 19.1. The van der Waals surface area contributed by atoms with Crippen LogP contribution in [0.15, 0.2) is 42.6 Å². The lowest BCUT2D eigenvalue weighted by molar-refractivity contribution is -0.0309. The molecule has 116 valence electrons. The first kappa shape index (κ1) is 15.1. The van der Waals surface area contributed by atoms with Crippen LogP contribution in [0.2, 0.25) is 0 Å². The summed E-state index contributed by atoms with van der Waals surface area (Å²) in [7, 11) is 0. The van der Waals surface area contributed by atoms with Crippen LogP contribution in [0.25, 0.3) is 0 Å². The van der Waals surface area contributed by atoms with Crippen molar-refractivity contribution in [1.82, 2.24) is 9.88 Å². The maximum absolute atomic E-state index is 13.8. The molecule has 1 aliphatic rings. The molecular formula is C17H18F2N2O. The smallest absolute Gasteiger partial charge is 0.218 e. The Morgan fingerprint density at radius 3 is 2.50 bits per heavy atom. The number of aliphatic hydroxyl groups is 1. The van der Waals surface area contributed by atoms with Crippen molar-refractivity contribution < 1.29 is 13.9 Å². The number of nitrogens with zero attached hydrogens (tertiary/aromatic N) is 2. The van der Waals surface area contributed by atoms with Crippen LogP contribution in [0, 0.1) is 11.8 Å². The quantitative estimate of drug-likeness (QED) is 0.886. The molecule has 5 heteroatoms. The topological polar surface area (TPSA) is 36.4 Å². The molecule has 2 heterocycles. The van der Waals surface area contributed by atoms with Crippen LogP contribution in [0.1, 0.15) is 24.0 Å². The van der Waals surface area contributed by atoms with Crippen molar-refractivity contribution in [3.05, 3.63) is 65.5 Å². The largest absolute Gasteiger partial charge is 0.385 e. The lowest BCUT2D eigenvalue weighted by atomic mass is 9.85. The predicted octanol–water partition coefficient (Wildman–Crippen LogP) is 2.84. The SMILES string of the molecule is OC1(c2cccnc2F)CCN(Cc2ccccc2F)CC1. The molecule has 0 spiro atoms. The Labute approximate surface area is 128 Å². The Morgan fingerprint density at radius 2 is 1.82 bits per heavy atom. The number of aromatic nitrogens is 1. The first-order valence-electron chi connectivity index (χ1n) is 7.38. The molecule has 3 nitrogen and oxygen atoms in total. The number of hydrogen-bond donors (Lipinski definition) is 1. The number of piperidine rings is 1. The van der Waals surface area contributed by atoms with Gasteiger partial charge in [-0.3, -0.25) is 4.90 Å². The summed E-state index contributed by atoms with van der Waals surface area (Å²) in [6.07, 6.45) is 2.18. The summed E-state index contributed by atoms with van der Waals surface area (Å²) in [6.45, 7) is 1.66. The van der Waals surface area contributed by atoms with Gasteiger partial charge in [0, 0.05) is 37.0 Å². The van der Waals surface area contributed by atoms with Crippen LogP contribution in [0.4, 0.5) is 8.78 Å². The van der Waals surface area contributed by atoms with Crippen molar-refractivity contribution in [3.8, 4) is 0 Å². The zero-order valence-electron chi connectivity index (χ0n) is 12.2. The van der Waals surface area contributed by atoms with E-state index in [1.165, 1.54) is 12.3 Å². The second kappa shape index (κ2) is 6.10. The zero-order chi connectivity index (χ0) is 15.6. The first-order valence-corrected chi connectivity index (χ1v) is 7.38. The van der Waals surface area contributed by atoms with Crippen molar-refractivity contribution in [1.29, 1.82) is 0 Å². The van der Waals surface area contributed by atoms with E-state index in [-0.39, 0.29) is 11.4 Å². The summed E-state index contributed by atoms with van der Waals surface area (Å²) in [5.74, 6) is -0.839. The van der Waals surface area contributed by atoms with E-state index in [9.17, 15) is 13.9 Å². The van der Waals surface area contributed by atoms with Gasteiger partial charge in [-0.15, -0.1) is 0 Å². The molecular weight excluding hydrogens is 286 g/mol. The third-order valence-electron chi connectivity index (χ3n) is 4.30. The molecule has 0 unspecified atom stereocenters. The molecule has 0 bridgehead atoms. The third kappa shape index (κ3) is 3.00. The number of hydrogen-bond acceptors (Lipinski definition) is 3. The standard InChI is InChI=1S/C17H18F2N2O/c18-15-6-2-1-4-13(15)12-21-10-7-17(22,8-11-21)14-5-3-9-20-16(14)19/h1-6,9,22H,7-8,10-12H2. The number of halogens is 2. The average molecular weight is 304 g/mol. The minimum atomic E-state index is -1.19. The number of likely N-dealkylation sites (tertiary alicyclic amines) is 1. The van der Waals surface area contributed by atoms with Gasteiger partial charge in [-0.05, 0) is 25.0 Å². The summed E-state index contributed by atoms with van der Waals surface area (Å²) in [5, 5.41) is 10.7. The van der Waals surface area contributed by atoms with Crippen molar-refractivity contribution in [3.63, 3.8) is 0 Å². The highest BCUT2D eigenvalue weighted by Crippen LogP contribution is 2.34. The zero-order valence-corrected chi connectivity index (χ0v) is 12.2. The van der Waals surface area contributed by atoms with Crippen molar-refractivity contribution in [2.45, 2.75) is 25.0 Å². The summed E-state index contributed by atoms with van der Waals surface area (Å²) in [4.78, 5) is 5.68. The molecule has 0 atom stereocenters. The van der Waals surface area contributed by atoms with Gasteiger partial charge in [0.15, 0.2) is 0 Å². The van der Waals surface area contributed by atoms with Crippen LogP contribution in [-0.2, 0) is 12.1 Å². The van der Waals surface area contributed by atoms with Gasteiger partial charge in [-0.1, -0.05) is 24.3 Å². The average Bonchev–Trinajstić information content (AvgIpc) is 2.52. The molecule has 1 aliphatic heterocycles. The Hall–Kier alpha value is -1.85. The molecule has 3 rings (SSSR count). The van der Waals surface area contributed by atoms with Gasteiger partial charge in [-0.2, -0.15) is 4.39 Å². The number of rotatable bonds is 3. The fraction of sp³-hybridized carbons (Fsp3) is 0.353. The summed E-state index contributed by atoms with van der Waals surface area (Å²) >= 11 is 0. The monoisotopic (exact) mass is 304 g/mol. The van der Waals surface area contributed by atoms with Gasteiger partial charge in [-0.25, -0.2) is 9.37 Å². The molecule has 1 N–H and O–H groups in total. The molecule has 0 saturated carbocycles. The first-order chi connectivity index (χ1) is 10.6.